The Kier molecular flexibility index (Phi) is 5.02. The molecule has 2 unspecified atom stereocenters. The molecular weight excluding hydrogens is 248 g/mol. The minimum atomic E-state index is -1.05. The molecule has 7 nitrogen and oxygen atoms in total. The van der Waals surface area contributed by atoms with E-state index in [2.05, 4.69) is 20.5 Å². The Bertz CT molecular complexity index is 456. The molecule has 0 saturated carbocycles. The highest BCUT2D eigenvalue weighted by molar-refractivity contribution is 5.93. The molecule has 3 N–H and O–H groups in total. The normalized spacial score (nSPS) is 14.2. The second-order valence-electron chi connectivity index (χ2n) is 4.87. The third-order valence-corrected chi connectivity index (χ3v) is 3.02. The van der Waals surface area contributed by atoms with Gasteiger partial charge in [-0.1, -0.05) is 34.1 Å². The van der Waals surface area contributed by atoms with Gasteiger partial charge in [0.2, 0.25) is 5.82 Å². The molecule has 0 aliphatic rings. The minimum absolute atomic E-state index is 0.0294. The molecule has 0 fully saturated rings. The van der Waals surface area contributed by atoms with Gasteiger partial charge in [-0.2, -0.15) is 0 Å². The zero-order chi connectivity index (χ0) is 14.6. The van der Waals surface area contributed by atoms with E-state index in [0.29, 0.717) is 12.2 Å². The number of aliphatic carboxylic acids is 1. The van der Waals surface area contributed by atoms with Crippen LogP contribution in [0.3, 0.4) is 0 Å². The van der Waals surface area contributed by atoms with Crippen LogP contribution in [-0.2, 0) is 4.79 Å². The molecular formula is C12H20N4O3. The van der Waals surface area contributed by atoms with E-state index >= 15 is 0 Å². The standard InChI is InChI=1S/C12H20N4O3/c1-5-7(4)8(12(18)19)13-11(17)10-14-9(6(2)3)15-16-10/h6-8H,5H2,1-4H3,(H,13,17)(H,18,19)(H,14,15,16). The number of hydrogen-bond donors (Lipinski definition) is 3. The number of rotatable bonds is 6. The van der Waals surface area contributed by atoms with E-state index in [1.807, 2.05) is 20.8 Å². The lowest BCUT2D eigenvalue weighted by atomic mass is 9.99. The Hall–Kier alpha value is -1.92. The zero-order valence-corrected chi connectivity index (χ0v) is 11.6. The molecule has 1 heterocycles. The number of nitrogens with one attached hydrogen (secondary N) is 2. The Morgan fingerprint density at radius 3 is 2.42 bits per heavy atom. The van der Waals surface area contributed by atoms with Crippen molar-refractivity contribution in [1.82, 2.24) is 20.5 Å². The molecule has 0 bridgehead atoms. The Morgan fingerprint density at radius 2 is 2.00 bits per heavy atom. The summed E-state index contributed by atoms with van der Waals surface area (Å²) >= 11 is 0. The lowest BCUT2D eigenvalue weighted by molar-refractivity contribution is -0.140. The van der Waals surface area contributed by atoms with Gasteiger partial charge >= 0.3 is 5.97 Å². The summed E-state index contributed by atoms with van der Waals surface area (Å²) in [6, 6.07) is -0.932. The summed E-state index contributed by atoms with van der Waals surface area (Å²) in [6.45, 7) is 7.48. The maximum atomic E-state index is 11.9. The van der Waals surface area contributed by atoms with Gasteiger partial charge < -0.3 is 10.4 Å². The quantitative estimate of drug-likeness (QED) is 0.717. The number of nitrogens with zero attached hydrogens (tertiary/aromatic N) is 2. The van der Waals surface area contributed by atoms with Gasteiger partial charge in [0.05, 0.1) is 0 Å². The van der Waals surface area contributed by atoms with Gasteiger partial charge in [-0.05, 0) is 5.92 Å². The van der Waals surface area contributed by atoms with Gasteiger partial charge in [0.1, 0.15) is 11.9 Å². The molecule has 2 atom stereocenters. The molecule has 1 aromatic rings. The molecule has 1 amide bonds. The summed E-state index contributed by atoms with van der Waals surface area (Å²) < 4.78 is 0. The van der Waals surface area contributed by atoms with E-state index in [4.69, 9.17) is 5.11 Å². The summed E-state index contributed by atoms with van der Waals surface area (Å²) in [6.07, 6.45) is 0.655. The molecule has 0 aliphatic heterocycles. The lowest BCUT2D eigenvalue weighted by Crippen LogP contribution is -2.45. The van der Waals surface area contributed by atoms with Crippen LogP contribution in [0.5, 0.6) is 0 Å². The summed E-state index contributed by atoms with van der Waals surface area (Å²) in [4.78, 5) is 27.0. The fraction of sp³-hybridized carbons (Fsp3) is 0.667. The topological polar surface area (TPSA) is 108 Å². The van der Waals surface area contributed by atoms with Gasteiger partial charge in [0, 0.05) is 5.92 Å². The molecule has 0 saturated heterocycles. The Balaban J connectivity index is 2.79. The number of amides is 1. The van der Waals surface area contributed by atoms with E-state index < -0.39 is 17.9 Å². The van der Waals surface area contributed by atoms with Crippen molar-refractivity contribution in [3.63, 3.8) is 0 Å². The fourth-order valence-electron chi connectivity index (χ4n) is 1.52. The van der Waals surface area contributed by atoms with Gasteiger partial charge in [0.15, 0.2) is 0 Å². The molecule has 106 valence electrons. The van der Waals surface area contributed by atoms with E-state index in [1.54, 1.807) is 6.92 Å². The Labute approximate surface area is 111 Å². The fourth-order valence-corrected chi connectivity index (χ4v) is 1.52. The van der Waals surface area contributed by atoms with Crippen molar-refractivity contribution in [2.45, 2.75) is 46.1 Å². The molecule has 1 rings (SSSR count). The molecule has 0 aliphatic carbocycles. The molecule has 7 heteroatoms. The molecule has 1 aromatic heterocycles. The lowest BCUT2D eigenvalue weighted by Gasteiger charge is -2.19. The van der Waals surface area contributed by atoms with Crippen LogP contribution in [0, 0.1) is 5.92 Å². The highest BCUT2D eigenvalue weighted by atomic mass is 16.4. The number of aromatic nitrogens is 3. The minimum Gasteiger partial charge on any atom is -0.480 e. The van der Waals surface area contributed by atoms with Crippen LogP contribution in [0.4, 0.5) is 0 Å². The van der Waals surface area contributed by atoms with Gasteiger partial charge in [-0.25, -0.2) is 9.78 Å². The van der Waals surface area contributed by atoms with E-state index in [-0.39, 0.29) is 17.7 Å². The van der Waals surface area contributed by atoms with Gasteiger partial charge in [0.25, 0.3) is 5.91 Å². The maximum absolute atomic E-state index is 11.9. The predicted octanol–water partition coefficient (Wildman–Crippen LogP) is 1.16. The Morgan fingerprint density at radius 1 is 1.37 bits per heavy atom. The average Bonchev–Trinajstić information content (AvgIpc) is 2.84. The SMILES string of the molecule is CCC(C)C(NC(=O)c1n[nH]c(C(C)C)n1)C(=O)O. The van der Waals surface area contributed by atoms with Gasteiger partial charge in [-0.15, -0.1) is 5.10 Å². The van der Waals surface area contributed by atoms with E-state index in [9.17, 15) is 9.59 Å². The number of carboxylic acids is 1. The molecule has 19 heavy (non-hydrogen) atoms. The van der Waals surface area contributed by atoms with Gasteiger partial charge in [-0.3, -0.25) is 9.89 Å². The highest BCUT2D eigenvalue weighted by Gasteiger charge is 2.27. The zero-order valence-electron chi connectivity index (χ0n) is 11.6. The summed E-state index contributed by atoms with van der Waals surface area (Å²) in [7, 11) is 0. The number of H-pyrrole nitrogens is 1. The van der Waals surface area contributed by atoms with Crippen molar-refractivity contribution in [1.29, 1.82) is 0 Å². The molecule has 0 spiro atoms. The van der Waals surface area contributed by atoms with Crippen LogP contribution in [-0.4, -0.2) is 38.2 Å². The van der Waals surface area contributed by atoms with Crippen molar-refractivity contribution in [3.05, 3.63) is 11.6 Å². The first kappa shape index (κ1) is 15.1. The van der Waals surface area contributed by atoms with Crippen molar-refractivity contribution >= 4 is 11.9 Å². The number of carbonyl (C=O) groups is 2. The van der Waals surface area contributed by atoms with Crippen LogP contribution < -0.4 is 5.32 Å². The number of carbonyl (C=O) groups excluding carboxylic acids is 1. The first-order chi connectivity index (χ1) is 8.86. The second-order valence-corrected chi connectivity index (χ2v) is 4.87. The van der Waals surface area contributed by atoms with E-state index in [1.165, 1.54) is 0 Å². The third kappa shape index (κ3) is 3.77. The summed E-state index contributed by atoms with van der Waals surface area (Å²) in [5, 5.41) is 18.0. The summed E-state index contributed by atoms with van der Waals surface area (Å²) in [5.74, 6) is -1.10. The highest BCUT2D eigenvalue weighted by Crippen LogP contribution is 2.10. The number of hydrogen-bond acceptors (Lipinski definition) is 4. The average molecular weight is 268 g/mol. The van der Waals surface area contributed by atoms with Crippen LogP contribution in [0.1, 0.15) is 56.5 Å². The van der Waals surface area contributed by atoms with Crippen molar-refractivity contribution in [2.75, 3.05) is 0 Å². The predicted molar refractivity (Wildman–Crippen MR) is 68.8 cm³/mol. The van der Waals surface area contributed by atoms with Crippen LogP contribution in [0.25, 0.3) is 0 Å². The maximum Gasteiger partial charge on any atom is 0.326 e. The van der Waals surface area contributed by atoms with Crippen molar-refractivity contribution in [2.24, 2.45) is 5.92 Å². The van der Waals surface area contributed by atoms with Crippen LogP contribution in [0.2, 0.25) is 0 Å². The largest absolute Gasteiger partial charge is 0.480 e. The summed E-state index contributed by atoms with van der Waals surface area (Å²) in [5.41, 5.74) is 0. The molecule has 0 aromatic carbocycles. The van der Waals surface area contributed by atoms with Crippen LogP contribution in [0.15, 0.2) is 0 Å². The monoisotopic (exact) mass is 268 g/mol. The first-order valence-electron chi connectivity index (χ1n) is 6.32. The third-order valence-electron chi connectivity index (χ3n) is 3.02. The van der Waals surface area contributed by atoms with Crippen LogP contribution >= 0.6 is 0 Å². The second kappa shape index (κ2) is 6.31. The van der Waals surface area contributed by atoms with Crippen molar-refractivity contribution < 1.29 is 14.7 Å². The number of aromatic amines is 1. The first-order valence-corrected chi connectivity index (χ1v) is 6.32. The number of carboxylic acid groups (broad SMARTS) is 1. The van der Waals surface area contributed by atoms with E-state index in [0.717, 1.165) is 0 Å². The molecule has 0 radical (unpaired) electrons. The smallest absolute Gasteiger partial charge is 0.326 e. The van der Waals surface area contributed by atoms with Crippen molar-refractivity contribution in [3.8, 4) is 0 Å².